The van der Waals surface area contributed by atoms with Crippen LogP contribution in [0.2, 0.25) is 5.02 Å². The van der Waals surface area contributed by atoms with Gasteiger partial charge in [0.2, 0.25) is 5.91 Å². The van der Waals surface area contributed by atoms with Crippen LogP contribution in [0.5, 0.6) is 0 Å². The van der Waals surface area contributed by atoms with Crippen LogP contribution in [0.15, 0.2) is 12.4 Å². The van der Waals surface area contributed by atoms with Gasteiger partial charge in [-0.25, -0.2) is 5.14 Å². The largest absolute Gasteiger partial charge is 0.338 e. The molecule has 0 radical (unpaired) electrons. The van der Waals surface area contributed by atoms with Gasteiger partial charge < -0.3 is 4.90 Å². The monoisotopic (exact) mass is 321 g/mol. The summed E-state index contributed by atoms with van der Waals surface area (Å²) in [6.07, 6.45) is 3.04. The summed E-state index contributed by atoms with van der Waals surface area (Å²) in [4.78, 5) is 13.9. The summed E-state index contributed by atoms with van der Waals surface area (Å²) in [6, 6.07) is -0.483. The Morgan fingerprint density at radius 1 is 1.40 bits per heavy atom. The Kier molecular flexibility index (Phi) is 4.33. The first kappa shape index (κ1) is 15.2. The van der Waals surface area contributed by atoms with E-state index in [9.17, 15) is 13.2 Å². The first-order valence-corrected chi connectivity index (χ1v) is 7.93. The molecule has 0 bridgehead atoms. The predicted octanol–water partition coefficient (Wildman–Crippen LogP) is -0.555. The molecule has 1 aliphatic rings. The third-order valence-corrected chi connectivity index (χ3v) is 4.51. The minimum absolute atomic E-state index is 0.126. The van der Waals surface area contributed by atoms with Crippen LogP contribution < -0.4 is 5.14 Å². The maximum Gasteiger partial charge on any atom is 0.277 e. The second-order valence-corrected chi connectivity index (χ2v) is 6.57. The van der Waals surface area contributed by atoms with E-state index in [4.69, 9.17) is 16.7 Å². The van der Waals surface area contributed by atoms with E-state index in [0.29, 0.717) is 18.1 Å². The van der Waals surface area contributed by atoms with Crippen LogP contribution in [-0.2, 0) is 15.0 Å². The second-order valence-electron chi connectivity index (χ2n) is 4.58. The number of carbonyl (C=O) groups is 1. The average Bonchev–Trinajstić information content (AvgIpc) is 2.83. The zero-order chi connectivity index (χ0) is 14.9. The first-order chi connectivity index (χ1) is 9.29. The van der Waals surface area contributed by atoms with Crippen molar-refractivity contribution in [2.45, 2.75) is 13.0 Å². The lowest BCUT2D eigenvalue weighted by molar-refractivity contribution is -0.135. The summed E-state index contributed by atoms with van der Waals surface area (Å²) in [5, 5.41) is 9.51. The Balaban J connectivity index is 1.98. The third-order valence-electron chi connectivity index (χ3n) is 3.23. The molecule has 10 heteroatoms. The summed E-state index contributed by atoms with van der Waals surface area (Å²) in [5.74, 6) is -0.126. The predicted molar refractivity (Wildman–Crippen MR) is 73.2 cm³/mol. The molecule has 2 N–H and O–H groups in total. The van der Waals surface area contributed by atoms with E-state index in [-0.39, 0.29) is 19.0 Å². The van der Waals surface area contributed by atoms with Crippen molar-refractivity contribution in [1.29, 1.82) is 0 Å². The molecule has 1 aromatic heterocycles. The van der Waals surface area contributed by atoms with Gasteiger partial charge in [0, 0.05) is 32.4 Å². The Morgan fingerprint density at radius 3 is 2.45 bits per heavy atom. The Morgan fingerprint density at radius 2 is 2.00 bits per heavy atom. The van der Waals surface area contributed by atoms with Gasteiger partial charge in [-0.1, -0.05) is 11.6 Å². The topological polar surface area (TPSA) is 102 Å². The number of piperazine rings is 1. The molecule has 112 valence electrons. The number of hydrogen-bond acceptors (Lipinski definition) is 4. The molecule has 1 saturated heterocycles. The molecule has 0 aromatic carbocycles. The summed E-state index contributed by atoms with van der Waals surface area (Å²) < 4.78 is 25.0. The van der Waals surface area contributed by atoms with E-state index in [1.165, 1.54) is 10.9 Å². The summed E-state index contributed by atoms with van der Waals surface area (Å²) in [6.45, 7) is 2.76. The van der Waals surface area contributed by atoms with Gasteiger partial charge in [-0.15, -0.1) is 0 Å². The zero-order valence-corrected chi connectivity index (χ0v) is 12.5. The van der Waals surface area contributed by atoms with Crippen LogP contribution in [0, 0.1) is 0 Å². The quantitative estimate of drug-likeness (QED) is 0.806. The van der Waals surface area contributed by atoms with E-state index in [1.807, 2.05) is 0 Å². The van der Waals surface area contributed by atoms with Gasteiger partial charge in [0.15, 0.2) is 0 Å². The van der Waals surface area contributed by atoms with Gasteiger partial charge in [0.05, 0.1) is 11.2 Å². The van der Waals surface area contributed by atoms with E-state index in [2.05, 4.69) is 5.10 Å². The van der Waals surface area contributed by atoms with Gasteiger partial charge in [-0.2, -0.15) is 17.8 Å². The van der Waals surface area contributed by atoms with Crippen LogP contribution in [-0.4, -0.2) is 59.5 Å². The SMILES string of the molecule is CC(C(=O)N1CCN(S(N)(=O)=O)CC1)n1cc(Cl)cn1. The first-order valence-electron chi connectivity index (χ1n) is 6.05. The molecule has 1 atom stereocenters. The fraction of sp³-hybridized carbons (Fsp3) is 0.600. The lowest BCUT2D eigenvalue weighted by atomic mass is 10.2. The molecule has 1 amide bonds. The van der Waals surface area contributed by atoms with Crippen molar-refractivity contribution in [2.24, 2.45) is 5.14 Å². The highest BCUT2D eigenvalue weighted by Gasteiger charge is 2.29. The number of aromatic nitrogens is 2. The molecule has 8 nitrogen and oxygen atoms in total. The van der Waals surface area contributed by atoms with Crippen LogP contribution in [0.1, 0.15) is 13.0 Å². The minimum atomic E-state index is -3.68. The van der Waals surface area contributed by atoms with Gasteiger partial charge in [-0.05, 0) is 6.92 Å². The van der Waals surface area contributed by atoms with Crippen molar-refractivity contribution in [3.05, 3.63) is 17.4 Å². The van der Waals surface area contributed by atoms with Crippen LogP contribution in [0.25, 0.3) is 0 Å². The Bertz CT molecular complexity index is 594. The van der Waals surface area contributed by atoms with E-state index in [0.717, 1.165) is 4.31 Å². The van der Waals surface area contributed by atoms with Crippen molar-refractivity contribution in [3.63, 3.8) is 0 Å². The maximum atomic E-state index is 12.3. The molecular formula is C10H16ClN5O3S. The minimum Gasteiger partial charge on any atom is -0.338 e. The molecule has 1 fully saturated rings. The van der Waals surface area contributed by atoms with Gasteiger partial charge in [0.25, 0.3) is 10.2 Å². The number of halogens is 1. The number of nitrogens with two attached hydrogens (primary N) is 1. The zero-order valence-electron chi connectivity index (χ0n) is 10.9. The van der Waals surface area contributed by atoms with Crippen molar-refractivity contribution < 1.29 is 13.2 Å². The molecule has 1 unspecified atom stereocenters. The summed E-state index contributed by atoms with van der Waals surface area (Å²) >= 11 is 5.77. The number of rotatable bonds is 3. The van der Waals surface area contributed by atoms with Crippen LogP contribution in [0.4, 0.5) is 0 Å². The molecule has 1 aliphatic heterocycles. The molecule has 2 heterocycles. The highest BCUT2D eigenvalue weighted by Crippen LogP contribution is 2.15. The van der Waals surface area contributed by atoms with Crippen molar-refractivity contribution in [3.8, 4) is 0 Å². The van der Waals surface area contributed by atoms with Gasteiger partial charge >= 0.3 is 0 Å². The molecule has 1 aromatic rings. The summed E-state index contributed by atoms with van der Waals surface area (Å²) in [5.41, 5.74) is 0. The molecular weight excluding hydrogens is 306 g/mol. The maximum absolute atomic E-state index is 12.3. The standard InChI is InChI=1S/C10H16ClN5O3S/c1-8(16-7-9(11)6-13-16)10(17)14-2-4-15(5-3-14)20(12,18)19/h6-8H,2-5H2,1H3,(H2,12,18,19). The lowest BCUT2D eigenvalue weighted by Gasteiger charge is -2.34. The molecule has 0 saturated carbocycles. The lowest BCUT2D eigenvalue weighted by Crippen LogP contribution is -2.53. The van der Waals surface area contributed by atoms with E-state index >= 15 is 0 Å². The van der Waals surface area contributed by atoms with Crippen LogP contribution in [0.3, 0.4) is 0 Å². The Labute approximate surface area is 122 Å². The van der Waals surface area contributed by atoms with Gasteiger partial charge in [0.1, 0.15) is 6.04 Å². The fourth-order valence-electron chi connectivity index (χ4n) is 2.07. The molecule has 0 spiro atoms. The third kappa shape index (κ3) is 3.29. The average molecular weight is 322 g/mol. The number of carbonyl (C=O) groups excluding carboxylic acids is 1. The molecule has 20 heavy (non-hydrogen) atoms. The molecule has 0 aliphatic carbocycles. The number of amides is 1. The molecule has 2 rings (SSSR count). The smallest absolute Gasteiger partial charge is 0.277 e. The number of nitrogens with zero attached hydrogens (tertiary/aromatic N) is 4. The van der Waals surface area contributed by atoms with Crippen LogP contribution >= 0.6 is 11.6 Å². The van der Waals surface area contributed by atoms with E-state index < -0.39 is 16.3 Å². The van der Waals surface area contributed by atoms with Crippen molar-refractivity contribution in [2.75, 3.05) is 26.2 Å². The normalized spacial score (nSPS) is 19.1. The van der Waals surface area contributed by atoms with Gasteiger partial charge in [-0.3, -0.25) is 9.48 Å². The summed E-state index contributed by atoms with van der Waals surface area (Å²) in [7, 11) is -3.68. The Hall–Kier alpha value is -1.16. The fourth-order valence-corrected chi connectivity index (χ4v) is 2.88. The number of hydrogen-bond donors (Lipinski definition) is 1. The highest BCUT2D eigenvalue weighted by molar-refractivity contribution is 7.86. The second kappa shape index (κ2) is 5.68. The van der Waals surface area contributed by atoms with Crippen molar-refractivity contribution >= 4 is 27.7 Å². The highest BCUT2D eigenvalue weighted by atomic mass is 35.5. The van der Waals surface area contributed by atoms with Crippen molar-refractivity contribution in [1.82, 2.24) is 19.0 Å². The van der Waals surface area contributed by atoms with E-state index in [1.54, 1.807) is 18.0 Å².